The molecule has 4 nitrogen and oxygen atoms in total. The number of amides is 1. The van der Waals surface area contributed by atoms with Crippen LogP contribution < -0.4 is 5.32 Å². The number of nitrogens with one attached hydrogen (secondary N) is 1. The molecule has 0 radical (unpaired) electrons. The quantitative estimate of drug-likeness (QED) is 0.822. The van der Waals surface area contributed by atoms with E-state index in [1.807, 2.05) is 24.0 Å². The lowest BCUT2D eigenvalue weighted by Gasteiger charge is -2.21. The van der Waals surface area contributed by atoms with Crippen LogP contribution in [0.25, 0.3) is 0 Å². The van der Waals surface area contributed by atoms with Crippen molar-refractivity contribution in [2.24, 2.45) is 0 Å². The molecule has 1 saturated heterocycles. The van der Waals surface area contributed by atoms with Gasteiger partial charge in [0.2, 0.25) is 5.91 Å². The Balaban J connectivity index is 2.05. The second-order valence-corrected chi connectivity index (χ2v) is 4.42. The van der Waals surface area contributed by atoms with Crippen LogP contribution in [0.5, 0.6) is 0 Å². The third-order valence-corrected chi connectivity index (χ3v) is 2.98. The monoisotopic (exact) mass is 222 g/mol. The molecule has 2 atom stereocenters. The van der Waals surface area contributed by atoms with Crippen molar-refractivity contribution in [3.05, 3.63) is 24.2 Å². The van der Waals surface area contributed by atoms with Crippen molar-refractivity contribution in [2.45, 2.75) is 38.9 Å². The average Bonchev–Trinajstić information content (AvgIpc) is 2.71. The van der Waals surface area contributed by atoms with E-state index in [0.29, 0.717) is 12.6 Å². The first-order valence-corrected chi connectivity index (χ1v) is 5.74. The highest BCUT2D eigenvalue weighted by atomic mass is 16.3. The summed E-state index contributed by atoms with van der Waals surface area (Å²) in [6, 6.07) is 4.04. The van der Waals surface area contributed by atoms with Crippen LogP contribution in [-0.4, -0.2) is 29.4 Å². The van der Waals surface area contributed by atoms with Gasteiger partial charge >= 0.3 is 0 Å². The van der Waals surface area contributed by atoms with E-state index in [9.17, 15) is 4.79 Å². The van der Waals surface area contributed by atoms with Gasteiger partial charge in [-0.25, -0.2) is 0 Å². The minimum atomic E-state index is -0.104. The van der Waals surface area contributed by atoms with Gasteiger partial charge in [-0.15, -0.1) is 0 Å². The maximum absolute atomic E-state index is 12.0. The summed E-state index contributed by atoms with van der Waals surface area (Å²) in [6.07, 6.45) is 2.62. The Hall–Kier alpha value is -1.29. The van der Waals surface area contributed by atoms with Crippen LogP contribution in [0, 0.1) is 0 Å². The van der Waals surface area contributed by atoms with E-state index in [1.54, 1.807) is 6.26 Å². The first kappa shape index (κ1) is 11.2. The largest absolute Gasteiger partial charge is 0.467 e. The number of hydrogen-bond donors (Lipinski definition) is 1. The van der Waals surface area contributed by atoms with E-state index in [4.69, 9.17) is 4.42 Å². The maximum atomic E-state index is 12.0. The van der Waals surface area contributed by atoms with E-state index < -0.39 is 0 Å². The predicted octanol–water partition coefficient (Wildman–Crippen LogP) is 1.38. The van der Waals surface area contributed by atoms with E-state index in [2.05, 4.69) is 12.2 Å². The first-order chi connectivity index (χ1) is 7.66. The number of carbonyl (C=O) groups is 1. The van der Waals surface area contributed by atoms with Gasteiger partial charge < -0.3 is 14.6 Å². The molecule has 2 heterocycles. The molecule has 0 aliphatic carbocycles. The molecule has 4 heteroatoms. The van der Waals surface area contributed by atoms with Gasteiger partial charge in [-0.05, 0) is 32.4 Å². The first-order valence-electron chi connectivity index (χ1n) is 5.74. The summed E-state index contributed by atoms with van der Waals surface area (Å²) in [4.78, 5) is 13.9. The molecule has 1 N–H and O–H groups in total. The number of nitrogens with zero attached hydrogens (tertiary/aromatic N) is 1. The smallest absolute Gasteiger partial charge is 0.239 e. The maximum Gasteiger partial charge on any atom is 0.239 e. The topological polar surface area (TPSA) is 45.5 Å². The lowest BCUT2D eigenvalue weighted by molar-refractivity contribution is -0.133. The van der Waals surface area contributed by atoms with Crippen LogP contribution in [0.1, 0.15) is 26.0 Å². The zero-order valence-electron chi connectivity index (χ0n) is 9.77. The molecule has 1 aliphatic rings. The summed E-state index contributed by atoms with van der Waals surface area (Å²) in [5, 5.41) is 3.28. The van der Waals surface area contributed by atoms with Crippen LogP contribution in [0.2, 0.25) is 0 Å². The fourth-order valence-corrected chi connectivity index (χ4v) is 2.06. The molecule has 1 amide bonds. The second-order valence-electron chi connectivity index (χ2n) is 4.42. The van der Waals surface area contributed by atoms with Crippen molar-refractivity contribution in [1.29, 1.82) is 0 Å². The standard InChI is InChI=1S/C12H18N2O2/c1-9-5-6-14(12(15)10(2)13-9)8-11-4-3-7-16-11/h3-4,7,9-10,13H,5-6,8H2,1-2H3. The zero-order chi connectivity index (χ0) is 11.5. The molecule has 16 heavy (non-hydrogen) atoms. The molecule has 0 aromatic carbocycles. The normalized spacial score (nSPS) is 26.9. The lowest BCUT2D eigenvalue weighted by Crippen LogP contribution is -2.42. The third kappa shape index (κ3) is 2.44. The molecule has 2 unspecified atom stereocenters. The number of hydrogen-bond acceptors (Lipinski definition) is 3. The van der Waals surface area contributed by atoms with E-state index >= 15 is 0 Å². The fraction of sp³-hybridized carbons (Fsp3) is 0.583. The Labute approximate surface area is 95.6 Å². The molecule has 1 aromatic rings. The summed E-state index contributed by atoms with van der Waals surface area (Å²) in [5.41, 5.74) is 0. The van der Waals surface area contributed by atoms with Gasteiger partial charge in [0.1, 0.15) is 5.76 Å². The van der Waals surface area contributed by atoms with Crippen molar-refractivity contribution >= 4 is 5.91 Å². The number of carbonyl (C=O) groups excluding carboxylic acids is 1. The second kappa shape index (κ2) is 4.70. The summed E-state index contributed by atoms with van der Waals surface area (Å²) >= 11 is 0. The number of furan rings is 1. The third-order valence-electron chi connectivity index (χ3n) is 2.98. The Morgan fingerprint density at radius 1 is 1.56 bits per heavy atom. The average molecular weight is 222 g/mol. The van der Waals surface area contributed by atoms with Gasteiger partial charge in [-0.1, -0.05) is 0 Å². The minimum Gasteiger partial charge on any atom is -0.467 e. The molecule has 1 fully saturated rings. The molecular formula is C12H18N2O2. The van der Waals surface area contributed by atoms with Crippen molar-refractivity contribution < 1.29 is 9.21 Å². The molecule has 1 aliphatic heterocycles. The van der Waals surface area contributed by atoms with Gasteiger partial charge in [-0.3, -0.25) is 4.79 Å². The van der Waals surface area contributed by atoms with Crippen LogP contribution in [0.3, 0.4) is 0 Å². The highest BCUT2D eigenvalue weighted by Gasteiger charge is 2.26. The van der Waals surface area contributed by atoms with E-state index in [0.717, 1.165) is 18.7 Å². The number of rotatable bonds is 2. The molecule has 0 spiro atoms. The van der Waals surface area contributed by atoms with Crippen molar-refractivity contribution in [2.75, 3.05) is 6.54 Å². The molecule has 0 saturated carbocycles. The van der Waals surface area contributed by atoms with Crippen LogP contribution in [-0.2, 0) is 11.3 Å². The Morgan fingerprint density at radius 3 is 3.06 bits per heavy atom. The fourth-order valence-electron chi connectivity index (χ4n) is 2.06. The van der Waals surface area contributed by atoms with Gasteiger partial charge in [0.05, 0.1) is 18.8 Å². The van der Waals surface area contributed by atoms with Gasteiger partial charge in [-0.2, -0.15) is 0 Å². The van der Waals surface area contributed by atoms with Crippen molar-refractivity contribution in [3.8, 4) is 0 Å². The summed E-state index contributed by atoms with van der Waals surface area (Å²) in [7, 11) is 0. The van der Waals surface area contributed by atoms with E-state index in [-0.39, 0.29) is 11.9 Å². The molecule has 2 rings (SSSR count). The van der Waals surface area contributed by atoms with Gasteiger partial charge in [0, 0.05) is 12.6 Å². The van der Waals surface area contributed by atoms with Gasteiger partial charge in [0.15, 0.2) is 0 Å². The minimum absolute atomic E-state index is 0.104. The molecule has 1 aromatic heterocycles. The summed E-state index contributed by atoms with van der Waals surface area (Å²) in [6.45, 7) is 5.39. The Kier molecular flexibility index (Phi) is 3.29. The van der Waals surface area contributed by atoms with Crippen LogP contribution >= 0.6 is 0 Å². The Morgan fingerprint density at radius 2 is 2.38 bits per heavy atom. The molecule has 88 valence electrons. The lowest BCUT2D eigenvalue weighted by atomic mass is 10.2. The highest BCUT2D eigenvalue weighted by molar-refractivity contribution is 5.81. The molecule has 0 bridgehead atoms. The predicted molar refractivity (Wildman–Crippen MR) is 60.8 cm³/mol. The van der Waals surface area contributed by atoms with Crippen molar-refractivity contribution in [1.82, 2.24) is 10.2 Å². The zero-order valence-corrected chi connectivity index (χ0v) is 9.77. The molecular weight excluding hydrogens is 204 g/mol. The van der Waals surface area contributed by atoms with Gasteiger partial charge in [0.25, 0.3) is 0 Å². The van der Waals surface area contributed by atoms with Crippen molar-refractivity contribution in [3.63, 3.8) is 0 Å². The van der Waals surface area contributed by atoms with Crippen LogP contribution in [0.4, 0.5) is 0 Å². The van der Waals surface area contributed by atoms with Crippen LogP contribution in [0.15, 0.2) is 22.8 Å². The highest BCUT2D eigenvalue weighted by Crippen LogP contribution is 2.11. The summed E-state index contributed by atoms with van der Waals surface area (Å²) in [5.74, 6) is 0.996. The SMILES string of the molecule is CC1CCN(Cc2ccco2)C(=O)C(C)N1. The Bertz CT molecular complexity index is 348. The summed E-state index contributed by atoms with van der Waals surface area (Å²) < 4.78 is 5.27. The van der Waals surface area contributed by atoms with E-state index in [1.165, 1.54) is 0 Å².